The van der Waals surface area contributed by atoms with Crippen LogP contribution in [0.3, 0.4) is 0 Å². The van der Waals surface area contributed by atoms with Crippen molar-refractivity contribution in [3.05, 3.63) is 24.2 Å². The zero-order valence-corrected chi connectivity index (χ0v) is 10.9. The van der Waals surface area contributed by atoms with E-state index in [1.54, 1.807) is 12.3 Å². The highest BCUT2D eigenvalue weighted by molar-refractivity contribution is 5.85. The SMILES string of the molecule is C[C@@H](N)c1cc2cnn(CC(C)(F)F)c2cn1.Cl. The number of alkyl halides is 2. The van der Waals surface area contributed by atoms with Crippen LogP contribution in [0.2, 0.25) is 0 Å². The van der Waals surface area contributed by atoms with Gasteiger partial charge < -0.3 is 5.73 Å². The maximum absolute atomic E-state index is 12.9. The minimum absolute atomic E-state index is 0. The summed E-state index contributed by atoms with van der Waals surface area (Å²) in [6.07, 6.45) is 3.08. The van der Waals surface area contributed by atoms with Crippen molar-refractivity contribution in [1.82, 2.24) is 14.8 Å². The molecule has 0 saturated carbocycles. The molecule has 1 atom stereocenters. The molecular weight excluding hydrogens is 262 g/mol. The van der Waals surface area contributed by atoms with Crippen molar-refractivity contribution >= 4 is 23.3 Å². The lowest BCUT2D eigenvalue weighted by atomic mass is 10.2. The molecule has 0 amide bonds. The van der Waals surface area contributed by atoms with Gasteiger partial charge in [-0.3, -0.25) is 9.67 Å². The Morgan fingerprint density at radius 3 is 2.67 bits per heavy atom. The topological polar surface area (TPSA) is 56.7 Å². The van der Waals surface area contributed by atoms with Crippen molar-refractivity contribution < 1.29 is 8.78 Å². The zero-order chi connectivity index (χ0) is 12.6. The maximum atomic E-state index is 12.9. The van der Waals surface area contributed by atoms with Gasteiger partial charge in [0.2, 0.25) is 0 Å². The summed E-state index contributed by atoms with van der Waals surface area (Å²) >= 11 is 0. The lowest BCUT2D eigenvalue weighted by molar-refractivity contribution is 0.00181. The number of fused-ring (bicyclic) bond motifs is 1. The Kier molecular flexibility index (Phi) is 4.24. The van der Waals surface area contributed by atoms with Crippen molar-refractivity contribution in [2.75, 3.05) is 0 Å². The van der Waals surface area contributed by atoms with Crippen molar-refractivity contribution in [2.24, 2.45) is 5.73 Å². The first-order valence-corrected chi connectivity index (χ1v) is 5.32. The molecule has 0 aliphatic heterocycles. The molecule has 2 aromatic heterocycles. The van der Waals surface area contributed by atoms with Gasteiger partial charge in [-0.15, -0.1) is 12.4 Å². The van der Waals surface area contributed by atoms with E-state index in [1.807, 2.05) is 6.92 Å². The average molecular weight is 277 g/mol. The molecule has 0 radical (unpaired) electrons. The van der Waals surface area contributed by atoms with Gasteiger partial charge in [0.05, 0.1) is 23.6 Å². The van der Waals surface area contributed by atoms with Crippen LogP contribution in [0.4, 0.5) is 8.78 Å². The van der Waals surface area contributed by atoms with Crippen molar-refractivity contribution in [1.29, 1.82) is 0 Å². The first kappa shape index (κ1) is 14.8. The molecule has 0 aliphatic carbocycles. The number of pyridine rings is 1. The van der Waals surface area contributed by atoms with Gasteiger partial charge in [0.1, 0.15) is 6.54 Å². The Morgan fingerprint density at radius 2 is 2.11 bits per heavy atom. The minimum atomic E-state index is -2.79. The lowest BCUT2D eigenvalue weighted by Crippen LogP contribution is -2.20. The fraction of sp³-hybridized carbons (Fsp3) is 0.455. The molecular formula is C11H15ClF2N4. The lowest BCUT2D eigenvalue weighted by Gasteiger charge is -2.11. The second-order valence-electron chi connectivity index (χ2n) is 4.33. The largest absolute Gasteiger partial charge is 0.323 e. The van der Waals surface area contributed by atoms with E-state index in [2.05, 4.69) is 10.1 Å². The highest BCUT2D eigenvalue weighted by Gasteiger charge is 2.23. The van der Waals surface area contributed by atoms with Crippen LogP contribution in [0.1, 0.15) is 25.6 Å². The van der Waals surface area contributed by atoms with E-state index in [0.29, 0.717) is 5.52 Å². The third-order valence-electron chi connectivity index (χ3n) is 2.44. The van der Waals surface area contributed by atoms with E-state index >= 15 is 0 Å². The van der Waals surface area contributed by atoms with E-state index in [9.17, 15) is 8.78 Å². The van der Waals surface area contributed by atoms with Gasteiger partial charge in [-0.2, -0.15) is 5.10 Å². The summed E-state index contributed by atoms with van der Waals surface area (Å²) in [5.41, 5.74) is 7.02. The number of nitrogens with two attached hydrogens (primary N) is 1. The van der Waals surface area contributed by atoms with E-state index in [1.165, 1.54) is 10.9 Å². The molecule has 0 aromatic carbocycles. The smallest absolute Gasteiger partial charge is 0.264 e. The summed E-state index contributed by atoms with van der Waals surface area (Å²) in [6.45, 7) is 2.23. The van der Waals surface area contributed by atoms with Gasteiger partial charge >= 0.3 is 0 Å². The summed E-state index contributed by atoms with van der Waals surface area (Å²) in [5, 5.41) is 4.71. The fourth-order valence-corrected chi connectivity index (χ4v) is 1.63. The Bertz CT molecular complexity index is 533. The predicted molar refractivity (Wildman–Crippen MR) is 68.0 cm³/mol. The molecule has 0 bridgehead atoms. The van der Waals surface area contributed by atoms with Crippen LogP contribution in [-0.2, 0) is 6.54 Å². The monoisotopic (exact) mass is 276 g/mol. The normalized spacial score (nSPS) is 13.4. The third-order valence-corrected chi connectivity index (χ3v) is 2.44. The van der Waals surface area contributed by atoms with Crippen LogP contribution in [0.25, 0.3) is 10.9 Å². The fourth-order valence-electron chi connectivity index (χ4n) is 1.63. The third kappa shape index (κ3) is 3.14. The van der Waals surface area contributed by atoms with Crippen molar-refractivity contribution in [3.8, 4) is 0 Å². The first-order valence-electron chi connectivity index (χ1n) is 5.32. The number of rotatable bonds is 3. The molecule has 2 rings (SSSR count). The number of aromatic nitrogens is 3. The van der Waals surface area contributed by atoms with Gasteiger partial charge in [0, 0.05) is 18.4 Å². The van der Waals surface area contributed by atoms with E-state index in [-0.39, 0.29) is 18.4 Å². The Morgan fingerprint density at radius 1 is 1.44 bits per heavy atom. The molecule has 0 unspecified atom stereocenters. The van der Waals surface area contributed by atoms with Gasteiger partial charge in [0.15, 0.2) is 0 Å². The summed E-state index contributed by atoms with van der Waals surface area (Å²) < 4.78 is 27.1. The second kappa shape index (κ2) is 5.16. The average Bonchev–Trinajstić information content (AvgIpc) is 2.58. The quantitative estimate of drug-likeness (QED) is 0.937. The number of hydrogen-bond acceptors (Lipinski definition) is 3. The van der Waals surface area contributed by atoms with Gasteiger partial charge in [-0.05, 0) is 13.0 Å². The Hall–Kier alpha value is -1.27. The molecule has 0 spiro atoms. The zero-order valence-electron chi connectivity index (χ0n) is 10.1. The van der Waals surface area contributed by atoms with E-state index < -0.39 is 12.5 Å². The van der Waals surface area contributed by atoms with Gasteiger partial charge in [-0.25, -0.2) is 8.78 Å². The molecule has 0 fully saturated rings. The van der Waals surface area contributed by atoms with Crippen LogP contribution in [0.15, 0.2) is 18.5 Å². The molecule has 2 aromatic rings. The summed E-state index contributed by atoms with van der Waals surface area (Å²) in [5.74, 6) is -2.79. The molecule has 4 nitrogen and oxygen atoms in total. The molecule has 7 heteroatoms. The highest BCUT2D eigenvalue weighted by Crippen LogP contribution is 2.20. The van der Waals surface area contributed by atoms with Crippen molar-refractivity contribution in [3.63, 3.8) is 0 Å². The number of nitrogens with zero attached hydrogens (tertiary/aromatic N) is 3. The molecule has 2 N–H and O–H groups in total. The van der Waals surface area contributed by atoms with Crippen LogP contribution in [-0.4, -0.2) is 20.7 Å². The molecule has 0 saturated heterocycles. The van der Waals surface area contributed by atoms with Crippen LogP contribution < -0.4 is 5.73 Å². The maximum Gasteiger partial charge on any atom is 0.264 e. The summed E-state index contributed by atoms with van der Waals surface area (Å²) in [4.78, 5) is 4.14. The Balaban J connectivity index is 0.00000162. The second-order valence-corrected chi connectivity index (χ2v) is 4.33. The standard InChI is InChI=1S/C11H14F2N4.ClH/c1-7(14)9-3-8-4-16-17(6-11(2,12)13)10(8)5-15-9;/h3-5,7H,6,14H2,1-2H3;1H/t7-;/m1./s1. The number of halogens is 3. The number of hydrogen-bond donors (Lipinski definition) is 1. The van der Waals surface area contributed by atoms with Crippen LogP contribution in [0, 0.1) is 0 Å². The molecule has 18 heavy (non-hydrogen) atoms. The molecule has 100 valence electrons. The molecule has 0 aliphatic rings. The predicted octanol–water partition coefficient (Wildman–Crippen LogP) is 2.53. The van der Waals surface area contributed by atoms with Gasteiger partial charge in [0.25, 0.3) is 5.92 Å². The van der Waals surface area contributed by atoms with Crippen molar-refractivity contribution in [2.45, 2.75) is 32.4 Å². The highest BCUT2D eigenvalue weighted by atomic mass is 35.5. The van der Waals surface area contributed by atoms with Crippen LogP contribution in [0.5, 0.6) is 0 Å². The van der Waals surface area contributed by atoms with E-state index in [0.717, 1.165) is 18.0 Å². The Labute approximate surface area is 110 Å². The summed E-state index contributed by atoms with van der Waals surface area (Å²) in [7, 11) is 0. The van der Waals surface area contributed by atoms with E-state index in [4.69, 9.17) is 5.73 Å². The minimum Gasteiger partial charge on any atom is -0.323 e. The van der Waals surface area contributed by atoms with Crippen LogP contribution >= 0.6 is 12.4 Å². The molecule has 2 heterocycles. The van der Waals surface area contributed by atoms with Gasteiger partial charge in [-0.1, -0.05) is 0 Å². The first-order chi connectivity index (χ1) is 7.87. The summed E-state index contributed by atoms with van der Waals surface area (Å²) in [6, 6.07) is 1.59.